The third kappa shape index (κ3) is 2.61. The molecule has 124 valence electrons. The number of hydrogen-bond donors (Lipinski definition) is 1. The lowest BCUT2D eigenvalue weighted by molar-refractivity contribution is -0.121. The molecular formula is C18H18N2O3S. The van der Waals surface area contributed by atoms with Gasteiger partial charge in [0.05, 0.1) is 24.0 Å². The first-order valence-corrected chi connectivity index (χ1v) is 8.83. The highest BCUT2D eigenvalue weighted by molar-refractivity contribution is 7.14. The third-order valence-electron chi connectivity index (χ3n) is 4.64. The Bertz CT molecular complexity index is 791. The number of nitrogens with two attached hydrogens (primary N) is 1. The number of primary amides is 1. The summed E-state index contributed by atoms with van der Waals surface area (Å²) in [5, 5.41) is 0. The summed E-state index contributed by atoms with van der Waals surface area (Å²) in [7, 11) is 0. The average molecular weight is 342 g/mol. The molecule has 2 amide bonds. The van der Waals surface area contributed by atoms with Crippen LogP contribution in [0.1, 0.15) is 25.7 Å². The van der Waals surface area contributed by atoms with Crippen molar-refractivity contribution in [2.24, 2.45) is 11.7 Å². The van der Waals surface area contributed by atoms with Gasteiger partial charge >= 0.3 is 0 Å². The molecule has 1 aromatic carbocycles. The first-order chi connectivity index (χ1) is 11.6. The van der Waals surface area contributed by atoms with Crippen LogP contribution in [0.15, 0.2) is 30.3 Å². The molecule has 6 heteroatoms. The summed E-state index contributed by atoms with van der Waals surface area (Å²) in [6.07, 6.45) is 1.44. The Morgan fingerprint density at radius 3 is 2.88 bits per heavy atom. The second kappa shape index (κ2) is 6.03. The van der Waals surface area contributed by atoms with Crippen molar-refractivity contribution >= 4 is 28.8 Å². The van der Waals surface area contributed by atoms with Crippen molar-refractivity contribution in [3.8, 4) is 0 Å². The topological polar surface area (TPSA) is 72.6 Å². The second-order valence-electron chi connectivity index (χ2n) is 6.21. The Balaban J connectivity index is 1.70. The van der Waals surface area contributed by atoms with Gasteiger partial charge in [0, 0.05) is 23.5 Å². The molecule has 2 aromatic rings. The predicted molar refractivity (Wildman–Crippen MR) is 92.2 cm³/mol. The van der Waals surface area contributed by atoms with E-state index in [-0.39, 0.29) is 17.7 Å². The number of thiophene rings is 1. The largest absolute Gasteiger partial charge is 0.376 e. The minimum atomic E-state index is -0.360. The fourth-order valence-corrected chi connectivity index (χ4v) is 4.46. The molecule has 1 atom stereocenters. The van der Waals surface area contributed by atoms with Crippen molar-refractivity contribution in [1.29, 1.82) is 0 Å². The first kappa shape index (κ1) is 15.4. The summed E-state index contributed by atoms with van der Waals surface area (Å²) >= 11 is 1.53. The number of carbonyl (C=O) groups excluding carboxylic acids is 2. The van der Waals surface area contributed by atoms with E-state index in [0.717, 1.165) is 23.2 Å². The third-order valence-corrected chi connectivity index (χ3v) is 5.86. The van der Waals surface area contributed by atoms with Crippen molar-refractivity contribution in [2.75, 3.05) is 18.1 Å². The molecule has 2 N–H and O–H groups in total. The Morgan fingerprint density at radius 1 is 1.25 bits per heavy atom. The molecule has 1 unspecified atom stereocenters. The van der Waals surface area contributed by atoms with E-state index in [1.807, 2.05) is 30.3 Å². The van der Waals surface area contributed by atoms with Crippen molar-refractivity contribution in [2.45, 2.75) is 19.4 Å². The predicted octanol–water partition coefficient (Wildman–Crippen LogP) is 2.13. The maximum atomic E-state index is 13.1. The van der Waals surface area contributed by atoms with E-state index in [1.54, 1.807) is 4.90 Å². The number of para-hydroxylation sites is 1. The molecule has 24 heavy (non-hydrogen) atoms. The SMILES string of the molecule is NC(=O)C1Cc2ccccc2N(C(=O)c2cc3c(s2)CCOC3)C1. The van der Waals surface area contributed by atoms with Gasteiger partial charge in [-0.25, -0.2) is 0 Å². The molecule has 3 heterocycles. The molecular weight excluding hydrogens is 324 g/mol. The van der Waals surface area contributed by atoms with Gasteiger partial charge in [0.25, 0.3) is 5.91 Å². The zero-order valence-electron chi connectivity index (χ0n) is 13.2. The monoisotopic (exact) mass is 342 g/mol. The van der Waals surface area contributed by atoms with E-state index < -0.39 is 0 Å². The molecule has 1 aromatic heterocycles. The Labute approximate surface area is 144 Å². The fraction of sp³-hybridized carbons (Fsp3) is 0.333. The zero-order valence-corrected chi connectivity index (χ0v) is 14.0. The van der Waals surface area contributed by atoms with Crippen LogP contribution in [-0.2, 0) is 29.0 Å². The van der Waals surface area contributed by atoms with Crippen molar-refractivity contribution in [3.63, 3.8) is 0 Å². The van der Waals surface area contributed by atoms with E-state index in [1.165, 1.54) is 16.2 Å². The molecule has 0 spiro atoms. The van der Waals surface area contributed by atoms with E-state index >= 15 is 0 Å². The quantitative estimate of drug-likeness (QED) is 0.909. The number of anilines is 1. The number of ether oxygens (including phenoxy) is 1. The normalized spacial score (nSPS) is 19.5. The number of amides is 2. The van der Waals surface area contributed by atoms with Crippen LogP contribution in [0.2, 0.25) is 0 Å². The van der Waals surface area contributed by atoms with Gasteiger partial charge in [0.2, 0.25) is 5.91 Å². The molecule has 0 bridgehead atoms. The number of fused-ring (bicyclic) bond motifs is 2. The molecule has 0 saturated heterocycles. The van der Waals surface area contributed by atoms with Gasteiger partial charge in [-0.05, 0) is 29.7 Å². The highest BCUT2D eigenvalue weighted by Crippen LogP contribution is 2.33. The Hall–Kier alpha value is -2.18. The van der Waals surface area contributed by atoms with Crippen LogP contribution < -0.4 is 10.6 Å². The van der Waals surface area contributed by atoms with Gasteiger partial charge in [-0.15, -0.1) is 11.3 Å². The summed E-state index contributed by atoms with van der Waals surface area (Å²) in [6, 6.07) is 9.65. The van der Waals surface area contributed by atoms with Crippen LogP contribution in [0, 0.1) is 5.92 Å². The van der Waals surface area contributed by atoms with E-state index in [9.17, 15) is 9.59 Å². The van der Waals surface area contributed by atoms with Gasteiger partial charge in [0.15, 0.2) is 0 Å². The van der Waals surface area contributed by atoms with Gasteiger partial charge in [-0.3, -0.25) is 9.59 Å². The molecule has 0 fully saturated rings. The molecule has 0 radical (unpaired) electrons. The highest BCUT2D eigenvalue weighted by Gasteiger charge is 2.32. The molecule has 0 saturated carbocycles. The van der Waals surface area contributed by atoms with Crippen molar-refractivity contribution in [3.05, 3.63) is 51.2 Å². The lowest BCUT2D eigenvalue weighted by atomic mass is 9.92. The van der Waals surface area contributed by atoms with Gasteiger partial charge in [0.1, 0.15) is 0 Å². The zero-order chi connectivity index (χ0) is 16.7. The summed E-state index contributed by atoms with van der Waals surface area (Å²) < 4.78 is 5.46. The smallest absolute Gasteiger partial charge is 0.268 e. The van der Waals surface area contributed by atoms with Crippen LogP contribution >= 0.6 is 11.3 Å². The van der Waals surface area contributed by atoms with Crippen LogP contribution in [0.4, 0.5) is 5.69 Å². The van der Waals surface area contributed by atoms with Gasteiger partial charge in [-0.2, -0.15) is 0 Å². The Kier molecular flexibility index (Phi) is 3.86. The summed E-state index contributed by atoms with van der Waals surface area (Å²) in [5.74, 6) is -0.768. The maximum absolute atomic E-state index is 13.1. The van der Waals surface area contributed by atoms with Crippen molar-refractivity contribution < 1.29 is 14.3 Å². The Morgan fingerprint density at radius 2 is 2.08 bits per heavy atom. The van der Waals surface area contributed by atoms with Crippen molar-refractivity contribution in [1.82, 2.24) is 0 Å². The van der Waals surface area contributed by atoms with Crippen LogP contribution in [-0.4, -0.2) is 25.0 Å². The fourth-order valence-electron chi connectivity index (χ4n) is 3.36. The lowest BCUT2D eigenvalue weighted by Crippen LogP contribution is -2.44. The summed E-state index contributed by atoms with van der Waals surface area (Å²) in [5.41, 5.74) is 8.49. The molecule has 5 nitrogen and oxygen atoms in total. The standard InChI is InChI=1S/C18H18N2O3S/c19-17(21)12-7-11-3-1-2-4-14(11)20(9-12)18(22)16-8-13-10-23-6-5-15(13)24-16/h1-4,8,12H,5-7,9-10H2,(H2,19,21). The lowest BCUT2D eigenvalue weighted by Gasteiger charge is -2.33. The molecule has 0 aliphatic carbocycles. The second-order valence-corrected chi connectivity index (χ2v) is 7.35. The number of hydrogen-bond acceptors (Lipinski definition) is 4. The highest BCUT2D eigenvalue weighted by atomic mass is 32.1. The van der Waals surface area contributed by atoms with E-state index in [0.29, 0.717) is 31.1 Å². The minimum absolute atomic E-state index is 0.0622. The summed E-state index contributed by atoms with van der Waals surface area (Å²) in [6.45, 7) is 1.61. The number of benzene rings is 1. The first-order valence-electron chi connectivity index (χ1n) is 8.02. The van der Waals surface area contributed by atoms with Gasteiger partial charge in [-0.1, -0.05) is 18.2 Å². The number of nitrogens with zero attached hydrogens (tertiary/aromatic N) is 1. The summed E-state index contributed by atoms with van der Waals surface area (Å²) in [4.78, 5) is 28.4. The van der Waals surface area contributed by atoms with Crippen LogP contribution in [0.25, 0.3) is 0 Å². The molecule has 2 aliphatic rings. The average Bonchev–Trinajstić information content (AvgIpc) is 3.04. The van der Waals surface area contributed by atoms with Crippen LogP contribution in [0.5, 0.6) is 0 Å². The molecule has 4 rings (SSSR count). The number of carbonyl (C=O) groups is 2. The number of rotatable bonds is 2. The van der Waals surface area contributed by atoms with Gasteiger partial charge < -0.3 is 15.4 Å². The van der Waals surface area contributed by atoms with E-state index in [2.05, 4.69) is 0 Å². The van der Waals surface area contributed by atoms with E-state index in [4.69, 9.17) is 10.5 Å². The minimum Gasteiger partial charge on any atom is -0.376 e. The molecule has 2 aliphatic heterocycles. The van der Waals surface area contributed by atoms with Crippen LogP contribution in [0.3, 0.4) is 0 Å². The maximum Gasteiger partial charge on any atom is 0.268 e.